The molecule has 5 heteroatoms. The Morgan fingerprint density at radius 3 is 2.50 bits per heavy atom. The molecule has 1 atom stereocenters. The number of thiocarbonyl (C=S) groups is 1. The summed E-state index contributed by atoms with van der Waals surface area (Å²) in [7, 11) is 0. The van der Waals surface area contributed by atoms with Gasteiger partial charge in [-0.2, -0.15) is 0 Å². The number of aryl methyl sites for hydroxylation is 1. The number of hydrogen-bond donors (Lipinski definition) is 2. The molecule has 0 amide bonds. The van der Waals surface area contributed by atoms with E-state index in [1.165, 1.54) is 5.56 Å². The van der Waals surface area contributed by atoms with E-state index in [2.05, 4.69) is 55.7 Å². The highest BCUT2D eigenvalue weighted by Crippen LogP contribution is 2.28. The van der Waals surface area contributed by atoms with Crippen LogP contribution < -0.4 is 10.6 Å². The molecule has 4 nitrogen and oxygen atoms in total. The maximum absolute atomic E-state index is 12.0. The van der Waals surface area contributed by atoms with Crippen LogP contribution in [0.2, 0.25) is 0 Å². The molecule has 0 saturated carbocycles. The molecule has 0 aliphatic heterocycles. The summed E-state index contributed by atoms with van der Waals surface area (Å²) in [4.78, 5) is 12.0. The van der Waals surface area contributed by atoms with E-state index in [0.717, 1.165) is 17.7 Å². The van der Waals surface area contributed by atoms with E-state index in [-0.39, 0.29) is 17.4 Å². The highest BCUT2D eigenvalue weighted by molar-refractivity contribution is 7.80. The minimum atomic E-state index is -0.331. The van der Waals surface area contributed by atoms with Crippen LogP contribution in [0.1, 0.15) is 55.6 Å². The molecule has 0 spiro atoms. The fourth-order valence-corrected chi connectivity index (χ4v) is 3.62. The second kappa shape index (κ2) is 9.69. The van der Waals surface area contributed by atoms with E-state index in [9.17, 15) is 4.79 Å². The maximum atomic E-state index is 12.0. The summed E-state index contributed by atoms with van der Waals surface area (Å²) in [6.45, 7) is 10.7. The normalized spacial score (nSPS) is 12.2. The van der Waals surface area contributed by atoms with Crippen molar-refractivity contribution >= 4 is 29.0 Å². The van der Waals surface area contributed by atoms with Crippen LogP contribution in [0.4, 0.5) is 5.69 Å². The quantitative estimate of drug-likeness (QED) is 0.495. The lowest BCUT2D eigenvalue weighted by molar-refractivity contribution is 0.0526. The third-order valence-corrected chi connectivity index (χ3v) is 4.97. The highest BCUT2D eigenvalue weighted by atomic mass is 32.1. The third kappa shape index (κ3) is 6.06. The van der Waals surface area contributed by atoms with E-state index in [1.54, 1.807) is 19.1 Å². The minimum absolute atomic E-state index is 0.0308. The number of benzene rings is 2. The molecule has 0 aliphatic rings. The van der Waals surface area contributed by atoms with Gasteiger partial charge in [-0.3, -0.25) is 0 Å². The Bertz CT molecular complexity index is 819. The lowest BCUT2D eigenvalue weighted by Gasteiger charge is -2.30. The second-order valence-electron chi connectivity index (χ2n) is 7.70. The van der Waals surface area contributed by atoms with Crippen LogP contribution in [0.5, 0.6) is 0 Å². The third-order valence-electron chi connectivity index (χ3n) is 4.75. The molecule has 0 heterocycles. The largest absolute Gasteiger partial charge is 0.462 e. The van der Waals surface area contributed by atoms with Gasteiger partial charge >= 0.3 is 5.97 Å². The van der Waals surface area contributed by atoms with Crippen LogP contribution >= 0.6 is 12.2 Å². The summed E-state index contributed by atoms with van der Waals surface area (Å²) in [6.07, 6.45) is 0.931. The van der Waals surface area contributed by atoms with Gasteiger partial charge in [0.1, 0.15) is 0 Å². The molecule has 0 aromatic heterocycles. The smallest absolute Gasteiger partial charge is 0.338 e. The summed E-state index contributed by atoms with van der Waals surface area (Å²) in [5, 5.41) is 7.12. The second-order valence-corrected chi connectivity index (χ2v) is 8.11. The molecule has 150 valence electrons. The SMILES string of the molecule is CCOC(=O)c1ccc(C)c(NC(=S)NC(C)CC(C)(C)c2ccccc2)c1. The van der Waals surface area contributed by atoms with Crippen LogP contribution in [0.3, 0.4) is 0 Å². The number of hydrogen-bond acceptors (Lipinski definition) is 3. The molecule has 0 radical (unpaired) electrons. The summed E-state index contributed by atoms with van der Waals surface area (Å²) in [5.41, 5.74) is 3.66. The van der Waals surface area contributed by atoms with Gasteiger partial charge in [0, 0.05) is 11.7 Å². The number of ether oxygens (including phenoxy) is 1. The van der Waals surface area contributed by atoms with Crippen molar-refractivity contribution in [2.24, 2.45) is 0 Å². The number of rotatable bonds is 7. The van der Waals surface area contributed by atoms with Crippen LogP contribution in [-0.4, -0.2) is 23.7 Å². The molecule has 2 aromatic rings. The maximum Gasteiger partial charge on any atom is 0.338 e. The standard InChI is InChI=1S/C23H30N2O2S/c1-6-27-21(26)18-13-12-16(2)20(14-18)25-22(28)24-17(3)15-23(4,5)19-10-8-7-9-11-19/h7-14,17H,6,15H2,1-5H3,(H2,24,25,28). The first kappa shape index (κ1) is 21.9. The molecule has 0 fully saturated rings. The average molecular weight is 399 g/mol. The first-order valence-corrected chi connectivity index (χ1v) is 10.0. The molecular weight excluding hydrogens is 368 g/mol. The molecule has 2 rings (SSSR count). The predicted molar refractivity (Wildman–Crippen MR) is 120 cm³/mol. The van der Waals surface area contributed by atoms with Crippen molar-refractivity contribution < 1.29 is 9.53 Å². The van der Waals surface area contributed by atoms with Gasteiger partial charge in [-0.1, -0.05) is 50.2 Å². The Hall–Kier alpha value is -2.40. The van der Waals surface area contributed by atoms with Crippen molar-refractivity contribution in [3.8, 4) is 0 Å². The molecule has 0 bridgehead atoms. The predicted octanol–water partition coefficient (Wildman–Crippen LogP) is 5.21. The number of anilines is 1. The van der Waals surface area contributed by atoms with Crippen molar-refractivity contribution in [1.82, 2.24) is 5.32 Å². The van der Waals surface area contributed by atoms with Crippen LogP contribution in [0.25, 0.3) is 0 Å². The number of carbonyl (C=O) groups is 1. The average Bonchev–Trinajstić information content (AvgIpc) is 2.63. The number of esters is 1. The molecule has 0 saturated heterocycles. The Morgan fingerprint density at radius 1 is 1.18 bits per heavy atom. The lowest BCUT2D eigenvalue weighted by atomic mass is 9.79. The Balaban J connectivity index is 2.00. The van der Waals surface area contributed by atoms with E-state index in [4.69, 9.17) is 17.0 Å². The van der Waals surface area contributed by atoms with Gasteiger partial charge in [-0.05, 0) is 68.1 Å². The van der Waals surface area contributed by atoms with Crippen molar-refractivity contribution in [3.63, 3.8) is 0 Å². The zero-order valence-corrected chi connectivity index (χ0v) is 18.2. The van der Waals surface area contributed by atoms with Gasteiger partial charge < -0.3 is 15.4 Å². The first-order valence-electron chi connectivity index (χ1n) is 9.63. The summed E-state index contributed by atoms with van der Waals surface area (Å²) in [6, 6.07) is 16.1. The summed E-state index contributed by atoms with van der Waals surface area (Å²) >= 11 is 5.50. The zero-order valence-electron chi connectivity index (χ0n) is 17.3. The molecule has 2 aromatic carbocycles. The lowest BCUT2D eigenvalue weighted by Crippen LogP contribution is -2.39. The van der Waals surface area contributed by atoms with Crippen molar-refractivity contribution in [2.45, 2.75) is 52.5 Å². The fourth-order valence-electron chi connectivity index (χ4n) is 3.30. The number of nitrogens with one attached hydrogen (secondary N) is 2. The van der Waals surface area contributed by atoms with Gasteiger partial charge in [-0.15, -0.1) is 0 Å². The molecule has 2 N–H and O–H groups in total. The zero-order chi connectivity index (χ0) is 20.7. The van der Waals surface area contributed by atoms with Crippen molar-refractivity contribution in [1.29, 1.82) is 0 Å². The van der Waals surface area contributed by atoms with E-state index >= 15 is 0 Å². The highest BCUT2D eigenvalue weighted by Gasteiger charge is 2.23. The van der Waals surface area contributed by atoms with E-state index in [1.807, 2.05) is 19.1 Å². The molecular formula is C23H30N2O2S. The van der Waals surface area contributed by atoms with E-state index in [0.29, 0.717) is 17.3 Å². The topological polar surface area (TPSA) is 50.4 Å². The van der Waals surface area contributed by atoms with Crippen LogP contribution in [0.15, 0.2) is 48.5 Å². The Labute approximate surface area is 173 Å². The first-order chi connectivity index (χ1) is 13.2. The van der Waals surface area contributed by atoms with Gasteiger partial charge in [0.2, 0.25) is 0 Å². The summed E-state index contributed by atoms with van der Waals surface area (Å²) in [5.74, 6) is -0.331. The Morgan fingerprint density at radius 2 is 1.86 bits per heavy atom. The van der Waals surface area contributed by atoms with E-state index < -0.39 is 0 Å². The minimum Gasteiger partial charge on any atom is -0.462 e. The summed E-state index contributed by atoms with van der Waals surface area (Å²) < 4.78 is 5.07. The van der Waals surface area contributed by atoms with Gasteiger partial charge in [0.05, 0.1) is 12.2 Å². The van der Waals surface area contributed by atoms with Crippen LogP contribution in [-0.2, 0) is 10.2 Å². The van der Waals surface area contributed by atoms with Gasteiger partial charge in [0.15, 0.2) is 5.11 Å². The van der Waals surface area contributed by atoms with Gasteiger partial charge in [-0.25, -0.2) is 4.79 Å². The fraction of sp³-hybridized carbons (Fsp3) is 0.391. The van der Waals surface area contributed by atoms with Gasteiger partial charge in [0.25, 0.3) is 0 Å². The van der Waals surface area contributed by atoms with Crippen LogP contribution in [0, 0.1) is 6.92 Å². The molecule has 1 unspecified atom stereocenters. The Kier molecular flexibility index (Phi) is 7.58. The molecule has 0 aliphatic carbocycles. The van der Waals surface area contributed by atoms with Crippen molar-refractivity contribution in [3.05, 3.63) is 65.2 Å². The number of carbonyl (C=O) groups excluding carboxylic acids is 1. The molecule has 28 heavy (non-hydrogen) atoms. The monoisotopic (exact) mass is 398 g/mol. The van der Waals surface area contributed by atoms with Crippen molar-refractivity contribution in [2.75, 3.05) is 11.9 Å².